The minimum Gasteiger partial charge on any atom is -0.506 e. The molecule has 110 valence electrons. The van der Waals surface area contributed by atoms with E-state index < -0.39 is 0 Å². The highest BCUT2D eigenvalue weighted by Gasteiger charge is 2.06. The molecule has 0 saturated heterocycles. The summed E-state index contributed by atoms with van der Waals surface area (Å²) in [5.41, 5.74) is 0.914. The van der Waals surface area contributed by atoms with E-state index in [-0.39, 0.29) is 11.2 Å². The molecule has 2 aromatic carbocycles. The number of phenolic OH excluding ortho intramolecular Hbond substituents is 1. The Kier molecular flexibility index (Phi) is 4.00. The zero-order chi connectivity index (χ0) is 15.7. The summed E-state index contributed by atoms with van der Waals surface area (Å²) in [7, 11) is 0. The topological polar surface area (TPSA) is 62.8 Å². The number of halogens is 2. The van der Waals surface area contributed by atoms with Crippen molar-refractivity contribution in [3.63, 3.8) is 0 Å². The Bertz CT molecular complexity index is 950. The van der Waals surface area contributed by atoms with E-state index in [0.29, 0.717) is 27.2 Å². The van der Waals surface area contributed by atoms with Crippen LogP contribution in [-0.2, 0) is 0 Å². The maximum atomic E-state index is 12.4. The average molecular weight is 379 g/mol. The maximum absolute atomic E-state index is 12.4. The third-order valence-electron chi connectivity index (χ3n) is 3.04. The van der Waals surface area contributed by atoms with Gasteiger partial charge in [0.2, 0.25) is 5.43 Å². The Hall–Kier alpha value is -2.11. The number of rotatable bonds is 2. The second kappa shape index (κ2) is 5.94. The van der Waals surface area contributed by atoms with E-state index in [2.05, 4.69) is 20.9 Å². The molecule has 0 fully saturated rings. The molecule has 0 aliphatic rings. The van der Waals surface area contributed by atoms with Gasteiger partial charge in [-0.05, 0) is 30.3 Å². The molecule has 3 rings (SSSR count). The Labute approximate surface area is 138 Å². The first kappa shape index (κ1) is 14.8. The number of fused-ring (bicyclic) bond motifs is 1. The van der Waals surface area contributed by atoms with Crippen molar-refractivity contribution in [3.8, 4) is 5.75 Å². The standard InChI is InChI=1S/C16H9BrClNO3/c17-10-1-4-15-12(5-10)16(21)9(8-22-15)7-19-13-3-2-11(18)6-14(13)20/h1-8,20H. The average Bonchev–Trinajstić information content (AvgIpc) is 2.49. The summed E-state index contributed by atoms with van der Waals surface area (Å²) in [6, 6.07) is 9.76. The highest BCUT2D eigenvalue weighted by molar-refractivity contribution is 9.10. The summed E-state index contributed by atoms with van der Waals surface area (Å²) in [5.74, 6) is -0.0586. The molecule has 0 aliphatic heterocycles. The van der Waals surface area contributed by atoms with Gasteiger partial charge in [0.25, 0.3) is 0 Å². The van der Waals surface area contributed by atoms with Crippen LogP contribution in [0.1, 0.15) is 5.56 Å². The molecular weight excluding hydrogens is 370 g/mol. The minimum absolute atomic E-state index is 0.0586. The fourth-order valence-electron chi connectivity index (χ4n) is 1.95. The lowest BCUT2D eigenvalue weighted by Gasteiger charge is -2.00. The Morgan fingerprint density at radius 3 is 2.82 bits per heavy atom. The van der Waals surface area contributed by atoms with E-state index in [9.17, 15) is 9.90 Å². The van der Waals surface area contributed by atoms with E-state index in [1.54, 1.807) is 30.3 Å². The van der Waals surface area contributed by atoms with Crippen LogP contribution in [0.5, 0.6) is 5.75 Å². The van der Waals surface area contributed by atoms with Gasteiger partial charge in [-0.15, -0.1) is 0 Å². The molecule has 0 unspecified atom stereocenters. The smallest absolute Gasteiger partial charge is 0.201 e. The van der Waals surface area contributed by atoms with Crippen LogP contribution in [0.4, 0.5) is 5.69 Å². The summed E-state index contributed by atoms with van der Waals surface area (Å²) in [6.07, 6.45) is 2.70. The van der Waals surface area contributed by atoms with Gasteiger partial charge in [0.15, 0.2) is 0 Å². The molecule has 0 saturated carbocycles. The summed E-state index contributed by atoms with van der Waals surface area (Å²) < 4.78 is 6.21. The molecule has 3 aromatic rings. The summed E-state index contributed by atoms with van der Waals surface area (Å²) in [4.78, 5) is 16.5. The van der Waals surface area contributed by atoms with Crippen molar-refractivity contribution in [2.24, 2.45) is 4.99 Å². The van der Waals surface area contributed by atoms with Crippen molar-refractivity contribution < 1.29 is 9.52 Å². The van der Waals surface area contributed by atoms with Gasteiger partial charge in [-0.1, -0.05) is 27.5 Å². The molecule has 0 amide bonds. The van der Waals surface area contributed by atoms with Crippen molar-refractivity contribution in [2.45, 2.75) is 0 Å². The third kappa shape index (κ3) is 2.91. The third-order valence-corrected chi connectivity index (χ3v) is 3.77. The molecule has 1 heterocycles. The van der Waals surface area contributed by atoms with E-state index in [1.807, 2.05) is 0 Å². The predicted molar refractivity (Wildman–Crippen MR) is 90.6 cm³/mol. The Morgan fingerprint density at radius 1 is 1.23 bits per heavy atom. The van der Waals surface area contributed by atoms with Crippen LogP contribution in [0.2, 0.25) is 5.02 Å². The molecule has 1 aromatic heterocycles. The molecule has 0 aliphatic carbocycles. The second-order valence-electron chi connectivity index (χ2n) is 4.55. The van der Waals surface area contributed by atoms with Crippen LogP contribution in [0.15, 0.2) is 61.3 Å². The van der Waals surface area contributed by atoms with E-state index in [0.717, 1.165) is 4.47 Å². The molecule has 4 nitrogen and oxygen atoms in total. The number of phenols is 1. The molecule has 0 radical (unpaired) electrons. The molecule has 1 N–H and O–H groups in total. The number of benzene rings is 2. The summed E-state index contributed by atoms with van der Waals surface area (Å²) in [6.45, 7) is 0. The number of nitrogens with zero attached hydrogens (tertiary/aromatic N) is 1. The van der Waals surface area contributed by atoms with Crippen LogP contribution in [0.25, 0.3) is 11.0 Å². The highest BCUT2D eigenvalue weighted by atomic mass is 79.9. The van der Waals surface area contributed by atoms with E-state index in [1.165, 1.54) is 18.5 Å². The molecule has 22 heavy (non-hydrogen) atoms. The van der Waals surface area contributed by atoms with Crippen LogP contribution in [0, 0.1) is 0 Å². The van der Waals surface area contributed by atoms with Gasteiger partial charge >= 0.3 is 0 Å². The van der Waals surface area contributed by atoms with Crippen molar-refractivity contribution in [3.05, 3.63) is 67.9 Å². The Morgan fingerprint density at radius 2 is 2.05 bits per heavy atom. The van der Waals surface area contributed by atoms with Crippen LogP contribution in [-0.4, -0.2) is 11.3 Å². The SMILES string of the molecule is O=c1c(C=Nc2ccc(Cl)cc2O)coc2ccc(Br)cc12. The fraction of sp³-hybridized carbons (Fsp3) is 0. The van der Waals surface area contributed by atoms with Gasteiger partial charge in [0, 0.05) is 21.8 Å². The zero-order valence-electron chi connectivity index (χ0n) is 11.1. The fourth-order valence-corrected chi connectivity index (χ4v) is 2.48. The first-order chi connectivity index (χ1) is 10.5. The molecular formula is C16H9BrClNO3. The first-order valence-corrected chi connectivity index (χ1v) is 7.45. The molecule has 0 bridgehead atoms. The van der Waals surface area contributed by atoms with Gasteiger partial charge < -0.3 is 9.52 Å². The number of hydrogen-bond donors (Lipinski definition) is 1. The maximum Gasteiger partial charge on any atom is 0.201 e. The minimum atomic E-state index is -0.195. The van der Waals surface area contributed by atoms with E-state index >= 15 is 0 Å². The lowest BCUT2D eigenvalue weighted by Crippen LogP contribution is -2.07. The lowest BCUT2D eigenvalue weighted by molar-refractivity contribution is 0.477. The second-order valence-corrected chi connectivity index (χ2v) is 5.90. The highest BCUT2D eigenvalue weighted by Crippen LogP contribution is 2.29. The number of hydrogen-bond acceptors (Lipinski definition) is 4. The van der Waals surface area contributed by atoms with Gasteiger partial charge in [-0.3, -0.25) is 9.79 Å². The van der Waals surface area contributed by atoms with E-state index in [4.69, 9.17) is 16.0 Å². The quantitative estimate of drug-likeness (QED) is 0.659. The zero-order valence-corrected chi connectivity index (χ0v) is 13.4. The molecule has 6 heteroatoms. The summed E-state index contributed by atoms with van der Waals surface area (Å²) >= 11 is 9.08. The van der Waals surface area contributed by atoms with Crippen molar-refractivity contribution >= 4 is 50.4 Å². The van der Waals surface area contributed by atoms with Gasteiger partial charge in [0.05, 0.1) is 10.9 Å². The van der Waals surface area contributed by atoms with Crippen LogP contribution >= 0.6 is 27.5 Å². The largest absolute Gasteiger partial charge is 0.506 e. The van der Waals surface area contributed by atoms with Crippen LogP contribution < -0.4 is 5.43 Å². The van der Waals surface area contributed by atoms with Crippen LogP contribution in [0.3, 0.4) is 0 Å². The summed E-state index contributed by atoms with van der Waals surface area (Å²) in [5, 5.41) is 10.6. The number of aliphatic imine (C=N–C) groups is 1. The first-order valence-electron chi connectivity index (χ1n) is 6.28. The van der Waals surface area contributed by atoms with Gasteiger partial charge in [-0.2, -0.15) is 0 Å². The molecule has 0 spiro atoms. The van der Waals surface area contributed by atoms with Crippen molar-refractivity contribution in [2.75, 3.05) is 0 Å². The normalized spacial score (nSPS) is 11.4. The Balaban J connectivity index is 2.05. The van der Waals surface area contributed by atoms with Crippen molar-refractivity contribution in [1.29, 1.82) is 0 Å². The number of aromatic hydroxyl groups is 1. The molecule has 0 atom stereocenters. The monoisotopic (exact) mass is 377 g/mol. The van der Waals surface area contributed by atoms with Crippen molar-refractivity contribution in [1.82, 2.24) is 0 Å². The van der Waals surface area contributed by atoms with Gasteiger partial charge in [-0.25, -0.2) is 0 Å². The van der Waals surface area contributed by atoms with Gasteiger partial charge in [0.1, 0.15) is 23.3 Å². The predicted octanol–water partition coefficient (Wildman–Crippen LogP) is 4.67. The lowest BCUT2D eigenvalue weighted by atomic mass is 10.2.